The van der Waals surface area contributed by atoms with Gasteiger partial charge in [-0.3, -0.25) is 4.79 Å². The number of alkyl halides is 3. The number of likely N-dealkylation sites (tertiary alicyclic amines) is 1. The fourth-order valence-corrected chi connectivity index (χ4v) is 5.55. The SMILES string of the molecule is CO[C@](C(=O)N1CCC2(CC1)OC(=O)NC[C@H]2c1ccc(F)cc1)(c1cc(Cl)cc(Cl)c1)C(F)(F)F. The number of rotatable bonds is 4. The average Bonchev–Trinajstić information content (AvgIpc) is 2.80. The largest absolute Gasteiger partial charge is 0.442 e. The molecule has 0 aromatic heterocycles. The van der Waals surface area contributed by atoms with E-state index < -0.39 is 46.7 Å². The first-order chi connectivity index (χ1) is 16.9. The van der Waals surface area contributed by atoms with Crippen molar-refractivity contribution in [3.63, 3.8) is 0 Å². The fraction of sp³-hybridized carbons (Fsp3) is 0.417. The summed E-state index contributed by atoms with van der Waals surface area (Å²) in [5.74, 6) is -2.16. The van der Waals surface area contributed by atoms with Crippen LogP contribution in [0.5, 0.6) is 0 Å². The molecule has 1 spiro atoms. The molecule has 2 aromatic rings. The van der Waals surface area contributed by atoms with Gasteiger partial charge in [0.25, 0.3) is 11.5 Å². The number of carbonyl (C=O) groups is 2. The van der Waals surface area contributed by atoms with Gasteiger partial charge in [-0.2, -0.15) is 13.2 Å². The van der Waals surface area contributed by atoms with E-state index in [-0.39, 0.29) is 42.5 Å². The van der Waals surface area contributed by atoms with Crippen LogP contribution in [0.4, 0.5) is 22.4 Å². The van der Waals surface area contributed by atoms with Crippen LogP contribution in [0, 0.1) is 5.82 Å². The molecule has 0 aliphatic carbocycles. The van der Waals surface area contributed by atoms with Gasteiger partial charge in [0, 0.05) is 61.1 Å². The van der Waals surface area contributed by atoms with Gasteiger partial charge in [0.15, 0.2) is 0 Å². The Morgan fingerprint density at radius 2 is 1.69 bits per heavy atom. The topological polar surface area (TPSA) is 67.9 Å². The molecular weight excluding hydrogens is 527 g/mol. The molecule has 0 radical (unpaired) electrons. The van der Waals surface area contributed by atoms with Crippen molar-refractivity contribution in [1.82, 2.24) is 10.2 Å². The second-order valence-electron chi connectivity index (χ2n) is 8.77. The van der Waals surface area contributed by atoms with Crippen molar-refractivity contribution in [2.45, 2.75) is 36.1 Å². The number of methoxy groups -OCH3 is 1. The molecule has 0 unspecified atom stereocenters. The number of hydrogen-bond acceptors (Lipinski definition) is 4. The summed E-state index contributed by atoms with van der Waals surface area (Å²) in [5, 5.41) is 2.44. The lowest BCUT2D eigenvalue weighted by atomic mass is 9.74. The lowest BCUT2D eigenvalue weighted by Gasteiger charge is -2.49. The van der Waals surface area contributed by atoms with E-state index in [1.807, 2.05) is 0 Å². The number of halogens is 6. The normalized spacial score (nSPS) is 21.5. The number of nitrogens with one attached hydrogen (secondary N) is 1. The number of alkyl carbamates (subject to hydrolysis) is 1. The second-order valence-corrected chi connectivity index (χ2v) is 9.65. The zero-order valence-corrected chi connectivity index (χ0v) is 20.5. The number of benzene rings is 2. The van der Waals surface area contributed by atoms with Crippen molar-refractivity contribution in [2.24, 2.45) is 0 Å². The molecule has 2 fully saturated rings. The minimum absolute atomic E-state index is 0.0716. The van der Waals surface area contributed by atoms with Gasteiger partial charge in [0.2, 0.25) is 0 Å². The van der Waals surface area contributed by atoms with Crippen LogP contribution >= 0.6 is 23.2 Å². The molecule has 2 aliphatic rings. The standard InChI is InChI=1S/C24H22Cl2F4N2O4/c1-35-23(24(28,29)30,15-10-16(25)12-17(26)11-15)20(33)32-8-6-22(7-9-32)19(13-31-21(34)36-22)14-2-4-18(27)5-3-14/h2-5,10-12,19H,6-9,13H2,1H3,(H,31,34)/t19-,23-/m0/s1. The number of carbonyl (C=O) groups excluding carboxylic acids is 2. The summed E-state index contributed by atoms with van der Waals surface area (Å²) in [6.07, 6.45) is -5.66. The zero-order chi connectivity index (χ0) is 26.3. The summed E-state index contributed by atoms with van der Waals surface area (Å²) in [6.45, 7) is -0.0808. The number of piperidine rings is 1. The van der Waals surface area contributed by atoms with Crippen LogP contribution in [0.15, 0.2) is 42.5 Å². The lowest BCUT2D eigenvalue weighted by Crippen LogP contribution is -2.62. The fourth-order valence-electron chi connectivity index (χ4n) is 5.03. The first-order valence-electron chi connectivity index (χ1n) is 11.0. The Hall–Kier alpha value is -2.56. The van der Waals surface area contributed by atoms with E-state index in [4.69, 9.17) is 32.7 Å². The molecule has 2 aromatic carbocycles. The highest BCUT2D eigenvalue weighted by atomic mass is 35.5. The maximum absolute atomic E-state index is 14.5. The number of nitrogens with zero attached hydrogens (tertiary/aromatic N) is 1. The maximum atomic E-state index is 14.5. The Balaban J connectivity index is 1.64. The molecular formula is C24H22Cl2F4N2O4. The highest BCUT2D eigenvalue weighted by Gasteiger charge is 2.64. The van der Waals surface area contributed by atoms with E-state index in [2.05, 4.69) is 5.32 Å². The smallest absolute Gasteiger partial charge is 0.430 e. The molecule has 0 bridgehead atoms. The molecule has 2 aliphatic heterocycles. The van der Waals surface area contributed by atoms with Crippen LogP contribution in [0.1, 0.15) is 29.9 Å². The van der Waals surface area contributed by atoms with E-state index in [1.165, 1.54) is 18.2 Å². The molecule has 1 N–H and O–H groups in total. The molecule has 6 nitrogen and oxygen atoms in total. The van der Waals surface area contributed by atoms with Crippen LogP contribution < -0.4 is 5.32 Å². The van der Waals surface area contributed by atoms with Gasteiger partial charge >= 0.3 is 12.3 Å². The van der Waals surface area contributed by atoms with E-state index in [1.54, 1.807) is 12.1 Å². The van der Waals surface area contributed by atoms with Gasteiger partial charge in [-0.15, -0.1) is 0 Å². The molecule has 12 heteroatoms. The summed E-state index contributed by atoms with van der Waals surface area (Å²) in [4.78, 5) is 26.6. The quantitative estimate of drug-likeness (QED) is 0.518. The van der Waals surface area contributed by atoms with E-state index >= 15 is 0 Å². The molecule has 2 atom stereocenters. The molecule has 2 amide bonds. The number of amides is 2. The predicted molar refractivity (Wildman–Crippen MR) is 123 cm³/mol. The number of ether oxygens (including phenoxy) is 2. The van der Waals surface area contributed by atoms with Gasteiger partial charge in [0.1, 0.15) is 11.4 Å². The van der Waals surface area contributed by atoms with Crippen LogP contribution in [0.3, 0.4) is 0 Å². The van der Waals surface area contributed by atoms with E-state index in [0.717, 1.165) is 24.1 Å². The van der Waals surface area contributed by atoms with Crippen molar-refractivity contribution in [1.29, 1.82) is 0 Å². The summed E-state index contributed by atoms with van der Waals surface area (Å²) < 4.78 is 67.5. The second kappa shape index (κ2) is 9.72. The monoisotopic (exact) mass is 548 g/mol. The first-order valence-corrected chi connectivity index (χ1v) is 11.8. The predicted octanol–water partition coefficient (Wildman–Crippen LogP) is 5.42. The Morgan fingerprint density at radius 3 is 2.22 bits per heavy atom. The van der Waals surface area contributed by atoms with E-state index in [9.17, 15) is 27.2 Å². The zero-order valence-electron chi connectivity index (χ0n) is 19.0. The van der Waals surface area contributed by atoms with Crippen molar-refractivity contribution in [3.05, 3.63) is 69.5 Å². The number of hydrogen-bond donors (Lipinski definition) is 1. The van der Waals surface area contributed by atoms with Crippen LogP contribution in [-0.4, -0.2) is 55.4 Å². The highest BCUT2D eigenvalue weighted by molar-refractivity contribution is 6.34. The molecule has 194 valence electrons. The third-order valence-corrected chi connectivity index (χ3v) is 7.26. The van der Waals surface area contributed by atoms with Gasteiger partial charge < -0.3 is 19.7 Å². The van der Waals surface area contributed by atoms with Crippen LogP contribution in [-0.2, 0) is 19.9 Å². The molecule has 4 rings (SSSR count). The van der Waals surface area contributed by atoms with Crippen molar-refractivity contribution in [2.75, 3.05) is 26.7 Å². The Labute approximate surface area is 214 Å². The van der Waals surface area contributed by atoms with Gasteiger partial charge in [-0.25, -0.2) is 9.18 Å². The van der Waals surface area contributed by atoms with Crippen LogP contribution in [0.25, 0.3) is 0 Å². The van der Waals surface area contributed by atoms with Crippen molar-refractivity contribution >= 4 is 35.2 Å². The minimum atomic E-state index is -5.14. The molecule has 0 saturated carbocycles. The Kier molecular flexibility index (Phi) is 7.15. The van der Waals surface area contributed by atoms with Gasteiger partial charge in [-0.05, 0) is 35.9 Å². The Bertz CT molecular complexity index is 1130. The highest BCUT2D eigenvalue weighted by Crippen LogP contribution is 2.47. The summed E-state index contributed by atoms with van der Waals surface area (Å²) in [6, 6.07) is 8.94. The summed E-state index contributed by atoms with van der Waals surface area (Å²) in [5.41, 5.74) is -4.26. The Morgan fingerprint density at radius 1 is 1.11 bits per heavy atom. The first kappa shape index (κ1) is 26.5. The van der Waals surface area contributed by atoms with Gasteiger partial charge in [0.05, 0.1) is 0 Å². The summed E-state index contributed by atoms with van der Waals surface area (Å²) in [7, 11) is 0.796. The third kappa shape index (κ3) is 4.62. The summed E-state index contributed by atoms with van der Waals surface area (Å²) >= 11 is 11.9. The minimum Gasteiger partial charge on any atom is -0.442 e. The maximum Gasteiger partial charge on any atom is 0.430 e. The van der Waals surface area contributed by atoms with Gasteiger partial charge in [-0.1, -0.05) is 35.3 Å². The average molecular weight is 549 g/mol. The molecule has 2 saturated heterocycles. The third-order valence-electron chi connectivity index (χ3n) is 6.83. The van der Waals surface area contributed by atoms with E-state index in [0.29, 0.717) is 5.56 Å². The lowest BCUT2D eigenvalue weighted by molar-refractivity contribution is -0.271. The van der Waals surface area contributed by atoms with Crippen molar-refractivity contribution in [3.8, 4) is 0 Å². The molecule has 2 heterocycles. The molecule has 36 heavy (non-hydrogen) atoms. The van der Waals surface area contributed by atoms with Crippen LogP contribution in [0.2, 0.25) is 10.0 Å². The van der Waals surface area contributed by atoms with Crippen molar-refractivity contribution < 1.29 is 36.6 Å².